The Morgan fingerprint density at radius 3 is 2.78 bits per heavy atom. The summed E-state index contributed by atoms with van der Waals surface area (Å²) in [7, 11) is 0. The van der Waals surface area contributed by atoms with Crippen molar-refractivity contribution >= 4 is 22.7 Å². The maximum Gasteiger partial charge on any atom is 0.133 e. The van der Waals surface area contributed by atoms with Crippen molar-refractivity contribution in [2.45, 2.75) is 39.7 Å². The van der Waals surface area contributed by atoms with Crippen molar-refractivity contribution in [1.29, 1.82) is 0 Å². The summed E-state index contributed by atoms with van der Waals surface area (Å²) in [4.78, 5) is 8.60. The maximum atomic E-state index is 4.55. The van der Waals surface area contributed by atoms with Gasteiger partial charge < -0.3 is 5.32 Å². The van der Waals surface area contributed by atoms with Crippen LogP contribution in [0.3, 0.4) is 0 Å². The Balaban J connectivity index is 2.09. The molecular formula is C14H20N2S2. The molecule has 1 unspecified atom stereocenters. The molecule has 0 bridgehead atoms. The average molecular weight is 280 g/mol. The van der Waals surface area contributed by atoms with Gasteiger partial charge in [-0.05, 0) is 38.4 Å². The number of thiophene rings is 1. The van der Waals surface area contributed by atoms with Gasteiger partial charge in [-0.25, -0.2) is 4.98 Å². The molecule has 2 heterocycles. The van der Waals surface area contributed by atoms with Crippen LogP contribution in [0.25, 0.3) is 9.88 Å². The molecule has 2 rings (SSSR count). The SMILES string of the molecule is CCCNC(C)c1cnc(-c2ccc(CC)s2)s1. The third-order valence-corrected chi connectivity index (χ3v) is 5.45. The van der Waals surface area contributed by atoms with Gasteiger partial charge in [-0.1, -0.05) is 13.8 Å². The Bertz CT molecular complexity index is 487. The van der Waals surface area contributed by atoms with Gasteiger partial charge in [0.2, 0.25) is 0 Å². The van der Waals surface area contributed by atoms with E-state index in [1.54, 1.807) is 11.3 Å². The average Bonchev–Trinajstić information content (AvgIpc) is 3.03. The molecule has 1 atom stereocenters. The van der Waals surface area contributed by atoms with Gasteiger partial charge in [0.15, 0.2) is 0 Å². The van der Waals surface area contributed by atoms with E-state index in [1.165, 1.54) is 21.1 Å². The lowest BCUT2D eigenvalue weighted by Crippen LogP contribution is -2.18. The summed E-state index contributed by atoms with van der Waals surface area (Å²) in [6.45, 7) is 7.65. The smallest absolute Gasteiger partial charge is 0.133 e. The Morgan fingerprint density at radius 1 is 1.28 bits per heavy atom. The second-order valence-electron chi connectivity index (χ2n) is 4.36. The molecule has 0 amide bonds. The van der Waals surface area contributed by atoms with E-state index < -0.39 is 0 Å². The Morgan fingerprint density at radius 2 is 2.11 bits per heavy atom. The highest BCUT2D eigenvalue weighted by Crippen LogP contribution is 2.33. The number of thiazole rings is 1. The lowest BCUT2D eigenvalue weighted by Gasteiger charge is -2.09. The van der Waals surface area contributed by atoms with Crippen LogP contribution < -0.4 is 5.32 Å². The molecule has 0 aliphatic carbocycles. The van der Waals surface area contributed by atoms with Crippen LogP contribution in [-0.4, -0.2) is 11.5 Å². The molecule has 0 saturated heterocycles. The molecule has 0 aromatic carbocycles. The van der Waals surface area contributed by atoms with Gasteiger partial charge in [-0.2, -0.15) is 0 Å². The maximum absolute atomic E-state index is 4.55. The van der Waals surface area contributed by atoms with Gasteiger partial charge in [0.25, 0.3) is 0 Å². The summed E-state index contributed by atoms with van der Waals surface area (Å²) >= 11 is 3.66. The third-order valence-electron chi connectivity index (χ3n) is 2.87. The number of hydrogen-bond donors (Lipinski definition) is 1. The summed E-state index contributed by atoms with van der Waals surface area (Å²) in [6, 6.07) is 4.80. The van der Waals surface area contributed by atoms with Crippen LogP contribution in [0.4, 0.5) is 0 Å². The van der Waals surface area contributed by atoms with E-state index in [1.807, 2.05) is 17.5 Å². The molecule has 0 aliphatic heterocycles. The zero-order chi connectivity index (χ0) is 13.0. The predicted molar refractivity (Wildman–Crippen MR) is 81.5 cm³/mol. The molecule has 0 radical (unpaired) electrons. The van der Waals surface area contributed by atoms with Gasteiger partial charge in [0.05, 0.1) is 4.88 Å². The quantitative estimate of drug-likeness (QED) is 0.843. The molecule has 2 aromatic rings. The van der Waals surface area contributed by atoms with Crippen molar-refractivity contribution < 1.29 is 0 Å². The molecule has 18 heavy (non-hydrogen) atoms. The van der Waals surface area contributed by atoms with Crippen molar-refractivity contribution in [3.05, 3.63) is 28.1 Å². The fourth-order valence-electron chi connectivity index (χ4n) is 1.74. The second-order valence-corrected chi connectivity index (χ2v) is 6.59. The van der Waals surface area contributed by atoms with E-state index in [0.29, 0.717) is 6.04 Å². The highest BCUT2D eigenvalue weighted by molar-refractivity contribution is 7.21. The first-order chi connectivity index (χ1) is 8.74. The third kappa shape index (κ3) is 3.19. The van der Waals surface area contributed by atoms with Gasteiger partial charge in [-0.15, -0.1) is 22.7 Å². The normalized spacial score (nSPS) is 12.8. The molecule has 0 saturated carbocycles. The summed E-state index contributed by atoms with van der Waals surface area (Å²) < 4.78 is 0. The first-order valence-electron chi connectivity index (χ1n) is 6.52. The number of nitrogens with one attached hydrogen (secondary N) is 1. The van der Waals surface area contributed by atoms with Crippen molar-refractivity contribution in [2.24, 2.45) is 0 Å². The number of nitrogens with zero attached hydrogens (tertiary/aromatic N) is 1. The Hall–Kier alpha value is -0.710. The van der Waals surface area contributed by atoms with Crippen LogP contribution in [0.5, 0.6) is 0 Å². The largest absolute Gasteiger partial charge is 0.309 e. The standard InChI is InChI=1S/C14H20N2S2/c1-4-8-15-10(3)13-9-16-14(18-13)12-7-6-11(5-2)17-12/h6-7,9-10,15H,4-5,8H2,1-3H3. The van der Waals surface area contributed by atoms with Crippen LogP contribution in [-0.2, 0) is 6.42 Å². The Kier molecular flexibility index (Phi) is 4.92. The first kappa shape index (κ1) is 13.7. The minimum Gasteiger partial charge on any atom is -0.309 e. The number of aryl methyl sites for hydroxylation is 1. The van der Waals surface area contributed by atoms with Crippen LogP contribution in [0.15, 0.2) is 18.3 Å². The number of rotatable bonds is 6. The fourth-order valence-corrected chi connectivity index (χ4v) is 3.70. The van der Waals surface area contributed by atoms with E-state index in [4.69, 9.17) is 0 Å². The highest BCUT2D eigenvalue weighted by atomic mass is 32.1. The number of hydrogen-bond acceptors (Lipinski definition) is 4. The molecule has 0 aliphatic rings. The first-order valence-corrected chi connectivity index (χ1v) is 8.16. The van der Waals surface area contributed by atoms with Crippen molar-refractivity contribution in [2.75, 3.05) is 6.54 Å². The summed E-state index contributed by atoms with van der Waals surface area (Å²) in [5.41, 5.74) is 0. The lowest BCUT2D eigenvalue weighted by molar-refractivity contribution is 0.577. The predicted octanol–water partition coefficient (Wildman–Crippen LogP) is 4.49. The summed E-state index contributed by atoms with van der Waals surface area (Å²) in [6.07, 6.45) is 4.29. The molecular weight excluding hydrogens is 260 g/mol. The minimum atomic E-state index is 0.404. The van der Waals surface area contributed by atoms with E-state index in [-0.39, 0.29) is 0 Å². The second kappa shape index (κ2) is 6.45. The lowest BCUT2D eigenvalue weighted by atomic mass is 10.3. The summed E-state index contributed by atoms with van der Waals surface area (Å²) in [5.74, 6) is 0. The van der Waals surface area contributed by atoms with E-state index in [2.05, 4.69) is 43.2 Å². The van der Waals surface area contributed by atoms with Crippen molar-refractivity contribution in [1.82, 2.24) is 10.3 Å². The molecule has 0 spiro atoms. The van der Waals surface area contributed by atoms with E-state index in [0.717, 1.165) is 18.0 Å². The molecule has 2 nitrogen and oxygen atoms in total. The topological polar surface area (TPSA) is 24.9 Å². The van der Waals surface area contributed by atoms with E-state index >= 15 is 0 Å². The molecule has 98 valence electrons. The summed E-state index contributed by atoms with van der Waals surface area (Å²) in [5, 5.41) is 4.66. The van der Waals surface area contributed by atoms with Crippen LogP contribution in [0, 0.1) is 0 Å². The van der Waals surface area contributed by atoms with Gasteiger partial charge in [0.1, 0.15) is 5.01 Å². The monoisotopic (exact) mass is 280 g/mol. The molecule has 4 heteroatoms. The molecule has 0 fully saturated rings. The van der Waals surface area contributed by atoms with Crippen LogP contribution >= 0.6 is 22.7 Å². The zero-order valence-electron chi connectivity index (χ0n) is 11.2. The van der Waals surface area contributed by atoms with Crippen molar-refractivity contribution in [3.8, 4) is 9.88 Å². The number of aromatic nitrogens is 1. The highest BCUT2D eigenvalue weighted by Gasteiger charge is 2.11. The molecule has 1 N–H and O–H groups in total. The fraction of sp³-hybridized carbons (Fsp3) is 0.500. The zero-order valence-corrected chi connectivity index (χ0v) is 12.8. The molecule has 2 aromatic heterocycles. The van der Waals surface area contributed by atoms with Crippen LogP contribution in [0.1, 0.15) is 43.0 Å². The van der Waals surface area contributed by atoms with E-state index in [9.17, 15) is 0 Å². The van der Waals surface area contributed by atoms with Gasteiger partial charge in [-0.3, -0.25) is 0 Å². The van der Waals surface area contributed by atoms with Crippen LogP contribution in [0.2, 0.25) is 0 Å². The minimum absolute atomic E-state index is 0.404. The van der Waals surface area contributed by atoms with Gasteiger partial charge >= 0.3 is 0 Å². The Labute approximate surface area is 117 Å². The van der Waals surface area contributed by atoms with Crippen molar-refractivity contribution in [3.63, 3.8) is 0 Å². The van der Waals surface area contributed by atoms with Gasteiger partial charge in [0, 0.05) is 22.0 Å².